The molecule has 0 bridgehead atoms. The first-order valence-corrected chi connectivity index (χ1v) is 9.75. The van der Waals surface area contributed by atoms with Crippen LogP contribution in [0.1, 0.15) is 16.7 Å². The fourth-order valence-corrected chi connectivity index (χ4v) is 3.12. The Morgan fingerprint density at radius 3 is 2.57 bits per heavy atom. The van der Waals surface area contributed by atoms with Crippen molar-refractivity contribution in [2.24, 2.45) is 0 Å². The molecule has 0 saturated carbocycles. The van der Waals surface area contributed by atoms with Gasteiger partial charge in [0.25, 0.3) is 0 Å². The van der Waals surface area contributed by atoms with E-state index in [1.807, 2.05) is 72.4 Å². The highest BCUT2D eigenvalue weighted by Gasteiger charge is 2.10. The van der Waals surface area contributed by atoms with Crippen molar-refractivity contribution in [3.8, 4) is 11.3 Å². The van der Waals surface area contributed by atoms with E-state index in [9.17, 15) is 4.79 Å². The molecule has 0 aliphatic carbocycles. The first kappa shape index (κ1) is 19.3. The van der Waals surface area contributed by atoms with E-state index in [1.165, 1.54) is 6.08 Å². The van der Waals surface area contributed by atoms with Gasteiger partial charge in [-0.1, -0.05) is 48.0 Å². The van der Waals surface area contributed by atoms with Gasteiger partial charge in [-0.25, -0.2) is 0 Å². The van der Waals surface area contributed by atoms with E-state index in [-0.39, 0.29) is 5.91 Å². The SMILES string of the molecule is Cc1ccc(NC(=O)/C=C/c2cn(Cc3ccccc3)nc2-c2cccnc2)cc1. The van der Waals surface area contributed by atoms with Gasteiger partial charge in [-0.2, -0.15) is 5.10 Å². The highest BCUT2D eigenvalue weighted by molar-refractivity contribution is 6.02. The summed E-state index contributed by atoms with van der Waals surface area (Å²) in [6.45, 7) is 2.66. The van der Waals surface area contributed by atoms with Gasteiger partial charge in [0.1, 0.15) is 5.69 Å². The minimum Gasteiger partial charge on any atom is -0.323 e. The molecule has 5 heteroatoms. The van der Waals surface area contributed by atoms with Crippen LogP contribution in [0.5, 0.6) is 0 Å². The number of aromatic nitrogens is 3. The van der Waals surface area contributed by atoms with Crippen LogP contribution in [0.25, 0.3) is 17.3 Å². The zero-order valence-corrected chi connectivity index (χ0v) is 16.7. The van der Waals surface area contributed by atoms with Crippen LogP contribution in [0.4, 0.5) is 5.69 Å². The van der Waals surface area contributed by atoms with Gasteiger partial charge in [0.05, 0.1) is 6.54 Å². The van der Waals surface area contributed by atoms with E-state index >= 15 is 0 Å². The molecule has 1 N–H and O–H groups in total. The summed E-state index contributed by atoms with van der Waals surface area (Å²) >= 11 is 0. The molecule has 30 heavy (non-hydrogen) atoms. The smallest absolute Gasteiger partial charge is 0.248 e. The van der Waals surface area contributed by atoms with E-state index in [0.29, 0.717) is 6.54 Å². The fourth-order valence-electron chi connectivity index (χ4n) is 3.12. The Morgan fingerprint density at radius 2 is 1.83 bits per heavy atom. The molecular formula is C25H22N4O. The Balaban J connectivity index is 1.58. The molecule has 4 aromatic rings. The Labute approximate surface area is 175 Å². The van der Waals surface area contributed by atoms with Gasteiger partial charge in [-0.05, 0) is 42.8 Å². The van der Waals surface area contributed by atoms with Crippen LogP contribution < -0.4 is 5.32 Å². The van der Waals surface area contributed by atoms with Crippen molar-refractivity contribution >= 4 is 17.7 Å². The molecule has 0 aliphatic heterocycles. The number of carbonyl (C=O) groups is 1. The van der Waals surface area contributed by atoms with Gasteiger partial charge in [-0.3, -0.25) is 14.5 Å². The Morgan fingerprint density at radius 1 is 1.03 bits per heavy atom. The summed E-state index contributed by atoms with van der Waals surface area (Å²) in [7, 11) is 0. The fraction of sp³-hybridized carbons (Fsp3) is 0.0800. The molecule has 1 amide bonds. The topological polar surface area (TPSA) is 59.8 Å². The second kappa shape index (κ2) is 9.01. The summed E-state index contributed by atoms with van der Waals surface area (Å²) in [6, 6.07) is 21.7. The Kier molecular flexibility index (Phi) is 5.80. The molecule has 2 aromatic heterocycles. The van der Waals surface area contributed by atoms with E-state index in [0.717, 1.165) is 33.6 Å². The second-order valence-electron chi connectivity index (χ2n) is 7.05. The molecule has 0 aliphatic rings. The molecule has 0 unspecified atom stereocenters. The normalized spacial score (nSPS) is 11.0. The molecule has 0 fully saturated rings. The summed E-state index contributed by atoms with van der Waals surface area (Å²) < 4.78 is 1.88. The Bertz CT molecular complexity index is 1150. The summed E-state index contributed by atoms with van der Waals surface area (Å²) in [6.07, 6.45) is 8.78. The minimum atomic E-state index is -0.188. The maximum absolute atomic E-state index is 12.4. The lowest BCUT2D eigenvalue weighted by Crippen LogP contribution is -2.07. The maximum atomic E-state index is 12.4. The number of carbonyl (C=O) groups excluding carboxylic acids is 1. The molecule has 0 radical (unpaired) electrons. The van der Waals surface area contributed by atoms with Gasteiger partial charge in [-0.15, -0.1) is 0 Å². The molecule has 0 atom stereocenters. The first-order valence-electron chi connectivity index (χ1n) is 9.75. The van der Waals surface area contributed by atoms with E-state index in [4.69, 9.17) is 5.10 Å². The van der Waals surface area contributed by atoms with Crippen LogP contribution in [0.15, 0.2) is 91.4 Å². The zero-order chi connectivity index (χ0) is 20.8. The number of benzene rings is 2. The number of hydrogen-bond acceptors (Lipinski definition) is 3. The van der Waals surface area contributed by atoms with Crippen LogP contribution in [-0.2, 0) is 11.3 Å². The van der Waals surface area contributed by atoms with E-state index in [2.05, 4.69) is 22.4 Å². The summed E-state index contributed by atoms with van der Waals surface area (Å²) in [5.41, 5.74) is 5.63. The molecule has 2 aromatic carbocycles. The van der Waals surface area contributed by atoms with Crippen molar-refractivity contribution in [3.05, 3.63) is 108 Å². The summed E-state index contributed by atoms with van der Waals surface area (Å²) in [4.78, 5) is 16.6. The van der Waals surface area contributed by atoms with Crippen molar-refractivity contribution in [2.75, 3.05) is 5.32 Å². The van der Waals surface area contributed by atoms with Gasteiger partial charge >= 0.3 is 0 Å². The monoisotopic (exact) mass is 394 g/mol. The average Bonchev–Trinajstić information content (AvgIpc) is 3.18. The predicted octanol–water partition coefficient (Wildman–Crippen LogP) is 4.95. The third-order valence-electron chi connectivity index (χ3n) is 4.65. The molecule has 148 valence electrons. The van der Waals surface area contributed by atoms with Gasteiger partial charge in [0, 0.05) is 41.5 Å². The predicted molar refractivity (Wildman–Crippen MR) is 120 cm³/mol. The summed E-state index contributed by atoms with van der Waals surface area (Å²) in [5.74, 6) is -0.188. The highest BCUT2D eigenvalue weighted by Crippen LogP contribution is 2.23. The maximum Gasteiger partial charge on any atom is 0.248 e. The quantitative estimate of drug-likeness (QED) is 0.471. The van der Waals surface area contributed by atoms with Crippen LogP contribution in [0, 0.1) is 6.92 Å². The molecule has 5 nitrogen and oxygen atoms in total. The van der Waals surface area contributed by atoms with Gasteiger partial charge in [0.15, 0.2) is 0 Å². The van der Waals surface area contributed by atoms with Crippen molar-refractivity contribution in [2.45, 2.75) is 13.5 Å². The van der Waals surface area contributed by atoms with Crippen LogP contribution in [0.2, 0.25) is 0 Å². The number of anilines is 1. The molecular weight excluding hydrogens is 372 g/mol. The van der Waals surface area contributed by atoms with Crippen LogP contribution in [0.3, 0.4) is 0 Å². The lowest BCUT2D eigenvalue weighted by atomic mass is 10.1. The van der Waals surface area contributed by atoms with Crippen LogP contribution in [-0.4, -0.2) is 20.7 Å². The number of aryl methyl sites for hydroxylation is 1. The number of nitrogens with one attached hydrogen (secondary N) is 1. The number of amides is 1. The minimum absolute atomic E-state index is 0.188. The number of nitrogens with zero attached hydrogens (tertiary/aromatic N) is 3. The van der Waals surface area contributed by atoms with Crippen molar-refractivity contribution < 1.29 is 4.79 Å². The van der Waals surface area contributed by atoms with Gasteiger partial charge in [0.2, 0.25) is 5.91 Å². The number of rotatable bonds is 6. The molecule has 0 spiro atoms. The molecule has 4 rings (SSSR count). The lowest BCUT2D eigenvalue weighted by Gasteiger charge is -2.02. The largest absolute Gasteiger partial charge is 0.323 e. The zero-order valence-electron chi connectivity index (χ0n) is 16.7. The highest BCUT2D eigenvalue weighted by atomic mass is 16.1. The second-order valence-corrected chi connectivity index (χ2v) is 7.05. The Hall–Kier alpha value is -3.99. The van der Waals surface area contributed by atoms with Gasteiger partial charge < -0.3 is 5.32 Å². The average molecular weight is 394 g/mol. The summed E-state index contributed by atoms with van der Waals surface area (Å²) in [5, 5.41) is 7.62. The van der Waals surface area contributed by atoms with Crippen molar-refractivity contribution in [1.82, 2.24) is 14.8 Å². The standard InChI is InChI=1S/C25H22N4O/c1-19-9-12-23(13-10-19)27-24(30)14-11-22-18-29(17-20-6-3-2-4-7-20)28-25(22)21-8-5-15-26-16-21/h2-16,18H,17H2,1H3,(H,27,30)/b14-11+. The van der Waals surface area contributed by atoms with Crippen molar-refractivity contribution in [1.29, 1.82) is 0 Å². The van der Waals surface area contributed by atoms with Crippen LogP contribution >= 0.6 is 0 Å². The third-order valence-corrected chi connectivity index (χ3v) is 4.65. The molecule has 0 saturated heterocycles. The molecule has 2 heterocycles. The van der Waals surface area contributed by atoms with E-state index < -0.39 is 0 Å². The first-order chi connectivity index (χ1) is 14.7. The number of hydrogen-bond donors (Lipinski definition) is 1. The lowest BCUT2D eigenvalue weighted by molar-refractivity contribution is -0.111. The third kappa shape index (κ3) is 4.89. The van der Waals surface area contributed by atoms with E-state index in [1.54, 1.807) is 18.5 Å². The number of pyridine rings is 1. The van der Waals surface area contributed by atoms with Crippen molar-refractivity contribution in [3.63, 3.8) is 0 Å².